The third-order valence-corrected chi connectivity index (χ3v) is 6.74. The second kappa shape index (κ2) is 11.4. The number of rotatable bonds is 9. The monoisotopic (exact) mass is 491 g/mol. The fourth-order valence-electron chi connectivity index (χ4n) is 4.90. The number of aryl methyl sites for hydroxylation is 1. The summed E-state index contributed by atoms with van der Waals surface area (Å²) < 4.78 is 6.49. The van der Waals surface area contributed by atoms with E-state index < -0.39 is 11.2 Å². The van der Waals surface area contributed by atoms with Gasteiger partial charge in [-0.25, -0.2) is 4.79 Å². The van der Waals surface area contributed by atoms with Gasteiger partial charge >= 0.3 is 5.69 Å². The first kappa shape index (κ1) is 25.4. The Labute approximate surface area is 210 Å². The fourth-order valence-corrected chi connectivity index (χ4v) is 4.90. The molecule has 9 nitrogen and oxygen atoms in total. The Hall–Kier alpha value is -3.69. The number of fused-ring (bicyclic) bond motifs is 1. The van der Waals surface area contributed by atoms with Crippen LogP contribution in [0.15, 0.2) is 64.2 Å². The van der Waals surface area contributed by atoms with Gasteiger partial charge in [0.05, 0.1) is 19.7 Å². The molecule has 1 aromatic heterocycles. The van der Waals surface area contributed by atoms with Crippen molar-refractivity contribution in [2.45, 2.75) is 31.8 Å². The summed E-state index contributed by atoms with van der Waals surface area (Å²) >= 11 is 0. The Morgan fingerprint density at radius 3 is 2.61 bits per heavy atom. The molecule has 190 valence electrons. The van der Waals surface area contributed by atoms with E-state index in [4.69, 9.17) is 10.5 Å². The number of nitrogen functional groups attached to an aromatic ring is 1. The van der Waals surface area contributed by atoms with Crippen LogP contribution < -0.4 is 21.9 Å². The SMILES string of the molecule is COCCN(C(=O)CN(C)C1CCCc2ccccc21)c1c(N)n(Cc2ccccc2)c(=O)[nH]c1=O. The standard InChI is InChI=1S/C27H33N5O4/c1-30(22-14-8-12-20-11-6-7-13-21(20)22)18-23(33)31(15-16-36-2)24-25(28)32(27(35)29-26(24)34)17-19-9-4-3-5-10-19/h3-7,9-11,13,22H,8,12,14-18,28H2,1-2H3,(H,29,34,35). The Bertz CT molecular complexity index is 1320. The van der Waals surface area contributed by atoms with Crippen LogP contribution in [0.1, 0.15) is 35.6 Å². The van der Waals surface area contributed by atoms with Crippen LogP contribution in [0.2, 0.25) is 0 Å². The number of aromatic nitrogens is 2. The van der Waals surface area contributed by atoms with E-state index in [1.807, 2.05) is 54.4 Å². The van der Waals surface area contributed by atoms with Crippen LogP contribution >= 0.6 is 0 Å². The molecule has 9 heteroatoms. The zero-order chi connectivity index (χ0) is 25.7. The Balaban J connectivity index is 1.64. The number of carbonyl (C=O) groups excluding carboxylic acids is 1. The second-order valence-corrected chi connectivity index (χ2v) is 9.12. The quantitative estimate of drug-likeness (QED) is 0.474. The number of hydrogen-bond donors (Lipinski definition) is 2. The number of amides is 1. The second-order valence-electron chi connectivity index (χ2n) is 9.12. The summed E-state index contributed by atoms with van der Waals surface area (Å²) in [5, 5.41) is 0. The summed E-state index contributed by atoms with van der Waals surface area (Å²) in [5.74, 6) is -0.345. The fraction of sp³-hybridized carbons (Fsp3) is 0.370. The molecular formula is C27H33N5O4. The van der Waals surface area contributed by atoms with Crippen molar-refractivity contribution in [2.24, 2.45) is 0 Å². The average Bonchev–Trinajstić information content (AvgIpc) is 2.88. The van der Waals surface area contributed by atoms with Gasteiger partial charge in [0, 0.05) is 19.7 Å². The molecule has 0 saturated heterocycles. The van der Waals surface area contributed by atoms with Crippen LogP contribution in [0.4, 0.5) is 11.5 Å². The molecule has 0 spiro atoms. The van der Waals surface area contributed by atoms with E-state index in [9.17, 15) is 14.4 Å². The van der Waals surface area contributed by atoms with Gasteiger partial charge in [-0.1, -0.05) is 54.6 Å². The Morgan fingerprint density at radius 2 is 1.86 bits per heavy atom. The van der Waals surface area contributed by atoms with Crippen LogP contribution in [-0.2, 0) is 22.5 Å². The number of ether oxygens (including phenoxy) is 1. The van der Waals surface area contributed by atoms with Crippen molar-refractivity contribution in [3.8, 4) is 0 Å². The molecule has 1 aliphatic carbocycles. The molecule has 3 N–H and O–H groups in total. The lowest BCUT2D eigenvalue weighted by atomic mass is 9.87. The maximum atomic E-state index is 13.6. The van der Waals surface area contributed by atoms with Crippen molar-refractivity contribution >= 4 is 17.4 Å². The number of nitrogens with two attached hydrogens (primary N) is 1. The number of anilines is 2. The van der Waals surface area contributed by atoms with E-state index in [0.29, 0.717) is 0 Å². The van der Waals surface area contributed by atoms with Gasteiger partial charge in [-0.2, -0.15) is 0 Å². The minimum Gasteiger partial charge on any atom is -0.383 e. The van der Waals surface area contributed by atoms with Crippen molar-refractivity contribution < 1.29 is 9.53 Å². The largest absolute Gasteiger partial charge is 0.383 e. The zero-order valence-electron chi connectivity index (χ0n) is 20.8. The predicted molar refractivity (Wildman–Crippen MR) is 140 cm³/mol. The van der Waals surface area contributed by atoms with Crippen molar-refractivity contribution in [3.05, 3.63) is 92.1 Å². The Kier molecular flexibility index (Phi) is 8.02. The first-order chi connectivity index (χ1) is 17.4. The van der Waals surface area contributed by atoms with Crippen molar-refractivity contribution in [3.63, 3.8) is 0 Å². The van der Waals surface area contributed by atoms with Gasteiger partial charge in [0.1, 0.15) is 5.82 Å². The highest BCUT2D eigenvalue weighted by Crippen LogP contribution is 2.33. The Morgan fingerprint density at radius 1 is 1.14 bits per heavy atom. The average molecular weight is 492 g/mol. The highest BCUT2D eigenvalue weighted by Gasteiger charge is 2.29. The zero-order valence-corrected chi connectivity index (χ0v) is 20.8. The molecule has 1 aliphatic rings. The van der Waals surface area contributed by atoms with Crippen LogP contribution in [0.5, 0.6) is 0 Å². The number of H-pyrrole nitrogens is 1. The molecule has 0 fully saturated rings. The maximum absolute atomic E-state index is 13.6. The molecule has 0 saturated carbocycles. The molecular weight excluding hydrogens is 458 g/mol. The van der Waals surface area contributed by atoms with Crippen LogP contribution in [0, 0.1) is 0 Å². The molecule has 2 aromatic carbocycles. The van der Waals surface area contributed by atoms with Gasteiger partial charge in [0.15, 0.2) is 5.69 Å². The van der Waals surface area contributed by atoms with E-state index in [-0.39, 0.29) is 49.7 Å². The lowest BCUT2D eigenvalue weighted by molar-refractivity contribution is -0.120. The van der Waals surface area contributed by atoms with E-state index in [0.717, 1.165) is 24.8 Å². The number of nitrogens with one attached hydrogen (secondary N) is 1. The number of likely N-dealkylation sites (N-methyl/N-ethyl adjacent to an activating group) is 1. The van der Waals surface area contributed by atoms with Crippen LogP contribution in [0.25, 0.3) is 0 Å². The predicted octanol–water partition coefficient (Wildman–Crippen LogP) is 2.16. The van der Waals surface area contributed by atoms with Gasteiger partial charge < -0.3 is 15.4 Å². The summed E-state index contributed by atoms with van der Waals surface area (Å²) in [6.07, 6.45) is 3.03. The number of benzene rings is 2. The molecule has 1 unspecified atom stereocenters. The van der Waals surface area contributed by atoms with Crippen molar-refractivity contribution in [2.75, 3.05) is 44.5 Å². The minimum atomic E-state index is -0.697. The van der Waals surface area contributed by atoms with Crippen molar-refractivity contribution in [1.29, 1.82) is 0 Å². The summed E-state index contributed by atoms with van der Waals surface area (Å²) in [7, 11) is 3.45. The van der Waals surface area contributed by atoms with E-state index in [1.165, 1.54) is 27.7 Å². The maximum Gasteiger partial charge on any atom is 0.330 e. The summed E-state index contributed by atoms with van der Waals surface area (Å²) in [5.41, 5.74) is 8.39. The lowest BCUT2D eigenvalue weighted by Crippen LogP contribution is -2.46. The van der Waals surface area contributed by atoms with Gasteiger partial charge in [0.2, 0.25) is 5.91 Å². The third-order valence-electron chi connectivity index (χ3n) is 6.74. The molecule has 1 amide bonds. The molecule has 0 aliphatic heterocycles. The smallest absolute Gasteiger partial charge is 0.330 e. The highest BCUT2D eigenvalue weighted by molar-refractivity contribution is 5.96. The molecule has 1 atom stereocenters. The van der Waals surface area contributed by atoms with E-state index >= 15 is 0 Å². The molecule has 0 bridgehead atoms. The summed E-state index contributed by atoms with van der Waals surface area (Å²) in [4.78, 5) is 44.8. The number of methoxy groups -OCH3 is 1. The molecule has 0 radical (unpaired) electrons. The molecule has 4 rings (SSSR count). The first-order valence-electron chi connectivity index (χ1n) is 12.1. The third kappa shape index (κ3) is 5.42. The van der Waals surface area contributed by atoms with Gasteiger partial charge in [-0.15, -0.1) is 0 Å². The molecule has 1 heterocycles. The lowest BCUT2D eigenvalue weighted by Gasteiger charge is -2.34. The number of nitrogens with zero attached hydrogens (tertiary/aromatic N) is 3. The first-order valence-corrected chi connectivity index (χ1v) is 12.1. The van der Waals surface area contributed by atoms with Gasteiger partial charge in [0.25, 0.3) is 5.56 Å². The minimum absolute atomic E-state index is 0.0370. The number of carbonyl (C=O) groups is 1. The van der Waals surface area contributed by atoms with E-state index in [1.54, 1.807) is 0 Å². The summed E-state index contributed by atoms with van der Waals surface area (Å²) in [6, 6.07) is 17.7. The van der Waals surface area contributed by atoms with Crippen molar-refractivity contribution in [1.82, 2.24) is 14.5 Å². The van der Waals surface area contributed by atoms with E-state index in [2.05, 4.69) is 17.1 Å². The topological polar surface area (TPSA) is 114 Å². The van der Waals surface area contributed by atoms with Gasteiger partial charge in [-0.3, -0.25) is 24.0 Å². The highest BCUT2D eigenvalue weighted by atomic mass is 16.5. The van der Waals surface area contributed by atoms with Gasteiger partial charge in [-0.05, 0) is 43.0 Å². The molecule has 36 heavy (non-hydrogen) atoms. The van der Waals surface area contributed by atoms with Crippen LogP contribution in [0.3, 0.4) is 0 Å². The molecule has 3 aromatic rings. The number of hydrogen-bond acceptors (Lipinski definition) is 6. The normalized spacial score (nSPS) is 15.0. The summed E-state index contributed by atoms with van der Waals surface area (Å²) in [6.45, 7) is 0.583. The van der Waals surface area contributed by atoms with Crippen LogP contribution in [-0.4, -0.2) is 54.2 Å². The number of aromatic amines is 1.